The average molecular weight is 225 g/mol. The number of nitro benzene ring substituents is 1. The fraction of sp³-hybridized carbons (Fsp3) is 0.222. The second-order valence-electron chi connectivity index (χ2n) is 2.91. The van der Waals surface area contributed by atoms with Crippen molar-refractivity contribution >= 4 is 17.4 Å². The van der Waals surface area contributed by atoms with E-state index in [0.29, 0.717) is 5.69 Å². The summed E-state index contributed by atoms with van der Waals surface area (Å²) in [5.41, 5.74) is 0.428. The number of benzene rings is 1. The summed E-state index contributed by atoms with van der Waals surface area (Å²) in [7, 11) is 2.80. The van der Waals surface area contributed by atoms with E-state index in [1.165, 1.54) is 38.4 Å². The van der Waals surface area contributed by atoms with E-state index in [9.17, 15) is 14.9 Å². The van der Waals surface area contributed by atoms with Gasteiger partial charge in [0.05, 0.1) is 12.0 Å². The Labute approximate surface area is 91.7 Å². The molecule has 0 bridgehead atoms. The standard InChI is InChI=1S/C9H11N3O4/c1-11(16-2)9(13)10-7-3-5-8(6-4-7)12(14)15/h3-6H,1-2H3,(H,10,13). The van der Waals surface area contributed by atoms with E-state index in [4.69, 9.17) is 0 Å². The second-order valence-corrected chi connectivity index (χ2v) is 2.91. The Morgan fingerprint density at radius 3 is 2.44 bits per heavy atom. The molecule has 0 heterocycles. The lowest BCUT2D eigenvalue weighted by Gasteiger charge is -2.14. The minimum absolute atomic E-state index is 0.0295. The molecule has 0 aliphatic carbocycles. The summed E-state index contributed by atoms with van der Waals surface area (Å²) in [5, 5.41) is 13.9. The number of hydrogen-bond acceptors (Lipinski definition) is 4. The summed E-state index contributed by atoms with van der Waals surface area (Å²) in [6.07, 6.45) is 0. The molecule has 0 fully saturated rings. The first kappa shape index (κ1) is 11.9. The molecule has 1 N–H and O–H groups in total. The highest BCUT2D eigenvalue weighted by atomic mass is 16.7. The summed E-state index contributed by atoms with van der Waals surface area (Å²) >= 11 is 0. The lowest BCUT2D eigenvalue weighted by atomic mass is 10.3. The normalized spacial score (nSPS) is 9.62. The zero-order chi connectivity index (χ0) is 12.1. The van der Waals surface area contributed by atoms with E-state index in [-0.39, 0.29) is 5.69 Å². The van der Waals surface area contributed by atoms with E-state index in [2.05, 4.69) is 10.2 Å². The molecule has 16 heavy (non-hydrogen) atoms. The van der Waals surface area contributed by atoms with Crippen LogP contribution in [0.25, 0.3) is 0 Å². The summed E-state index contributed by atoms with van der Waals surface area (Å²) in [5.74, 6) is 0. The molecular weight excluding hydrogens is 214 g/mol. The summed E-state index contributed by atoms with van der Waals surface area (Å²) in [6, 6.07) is 5.04. The molecule has 0 aromatic heterocycles. The topological polar surface area (TPSA) is 84.7 Å². The van der Waals surface area contributed by atoms with Crippen molar-refractivity contribution in [2.45, 2.75) is 0 Å². The van der Waals surface area contributed by atoms with Gasteiger partial charge >= 0.3 is 6.03 Å². The van der Waals surface area contributed by atoms with Crippen molar-refractivity contribution < 1.29 is 14.6 Å². The van der Waals surface area contributed by atoms with Crippen LogP contribution in [0, 0.1) is 10.1 Å². The maximum atomic E-state index is 11.3. The lowest BCUT2D eigenvalue weighted by Crippen LogP contribution is -2.30. The van der Waals surface area contributed by atoms with E-state index in [1.54, 1.807) is 0 Å². The summed E-state index contributed by atoms with van der Waals surface area (Å²) < 4.78 is 0. The van der Waals surface area contributed by atoms with Crippen LogP contribution in [0.5, 0.6) is 0 Å². The van der Waals surface area contributed by atoms with Gasteiger partial charge in [-0.3, -0.25) is 15.0 Å². The fourth-order valence-corrected chi connectivity index (χ4v) is 0.952. The van der Waals surface area contributed by atoms with E-state index >= 15 is 0 Å². The zero-order valence-electron chi connectivity index (χ0n) is 8.84. The molecule has 1 rings (SSSR count). The highest BCUT2D eigenvalue weighted by Crippen LogP contribution is 2.15. The van der Waals surface area contributed by atoms with Gasteiger partial charge in [0, 0.05) is 24.9 Å². The molecular formula is C9H11N3O4. The van der Waals surface area contributed by atoms with Gasteiger partial charge in [-0.2, -0.15) is 0 Å². The molecule has 7 nitrogen and oxygen atoms in total. The smallest absolute Gasteiger partial charge is 0.306 e. The highest BCUT2D eigenvalue weighted by Gasteiger charge is 2.09. The number of amides is 2. The predicted octanol–water partition coefficient (Wildman–Crippen LogP) is 1.62. The van der Waals surface area contributed by atoms with E-state index in [0.717, 1.165) is 5.06 Å². The van der Waals surface area contributed by atoms with Gasteiger partial charge in [0.25, 0.3) is 5.69 Å². The Hall–Kier alpha value is -2.15. The minimum atomic E-state index is -0.507. The molecule has 0 saturated carbocycles. The number of nitrogens with zero attached hydrogens (tertiary/aromatic N) is 2. The van der Waals surface area contributed by atoms with Crippen LogP contribution in [0.15, 0.2) is 24.3 Å². The Morgan fingerprint density at radius 1 is 1.44 bits per heavy atom. The van der Waals surface area contributed by atoms with Crippen LogP contribution in [0.4, 0.5) is 16.2 Å². The first-order valence-electron chi connectivity index (χ1n) is 4.38. The van der Waals surface area contributed by atoms with Crippen molar-refractivity contribution in [1.82, 2.24) is 5.06 Å². The molecule has 0 spiro atoms. The third-order valence-corrected chi connectivity index (χ3v) is 1.89. The van der Waals surface area contributed by atoms with Crippen LogP contribution < -0.4 is 5.32 Å². The number of non-ortho nitro benzene ring substituents is 1. The Kier molecular flexibility index (Phi) is 3.78. The number of nitro groups is 1. The number of nitrogens with one attached hydrogen (secondary N) is 1. The van der Waals surface area contributed by atoms with E-state index in [1.807, 2.05) is 0 Å². The zero-order valence-corrected chi connectivity index (χ0v) is 8.84. The molecule has 0 saturated heterocycles. The van der Waals surface area contributed by atoms with Crippen molar-refractivity contribution in [2.24, 2.45) is 0 Å². The molecule has 0 aliphatic rings. The first-order chi connectivity index (χ1) is 7.54. The van der Waals surface area contributed by atoms with E-state index < -0.39 is 11.0 Å². The van der Waals surface area contributed by atoms with Gasteiger partial charge in [-0.25, -0.2) is 9.86 Å². The van der Waals surface area contributed by atoms with Crippen molar-refractivity contribution in [1.29, 1.82) is 0 Å². The van der Waals surface area contributed by atoms with Gasteiger partial charge in [-0.05, 0) is 12.1 Å². The lowest BCUT2D eigenvalue weighted by molar-refractivity contribution is -0.384. The van der Waals surface area contributed by atoms with Crippen LogP contribution >= 0.6 is 0 Å². The van der Waals surface area contributed by atoms with Crippen LogP contribution in [-0.2, 0) is 4.84 Å². The Balaban J connectivity index is 2.69. The molecule has 0 atom stereocenters. The third kappa shape index (κ3) is 2.92. The Bertz CT molecular complexity index is 390. The highest BCUT2D eigenvalue weighted by molar-refractivity contribution is 5.88. The monoisotopic (exact) mass is 225 g/mol. The first-order valence-corrected chi connectivity index (χ1v) is 4.38. The van der Waals surface area contributed by atoms with Crippen molar-refractivity contribution in [3.05, 3.63) is 34.4 Å². The van der Waals surface area contributed by atoms with Gasteiger partial charge in [0.15, 0.2) is 0 Å². The molecule has 0 aliphatic heterocycles. The molecule has 0 unspecified atom stereocenters. The number of carbonyl (C=O) groups excluding carboxylic acids is 1. The number of urea groups is 1. The van der Waals surface area contributed by atoms with Crippen LogP contribution in [-0.4, -0.2) is 30.2 Å². The number of hydrogen-bond donors (Lipinski definition) is 1. The van der Waals surface area contributed by atoms with Crippen molar-refractivity contribution in [2.75, 3.05) is 19.5 Å². The fourth-order valence-electron chi connectivity index (χ4n) is 0.952. The second kappa shape index (κ2) is 5.08. The number of rotatable bonds is 3. The average Bonchev–Trinajstić information content (AvgIpc) is 2.28. The molecule has 7 heteroatoms. The third-order valence-electron chi connectivity index (χ3n) is 1.89. The molecule has 0 radical (unpaired) electrons. The van der Waals surface area contributed by atoms with Crippen LogP contribution in [0.3, 0.4) is 0 Å². The molecule has 2 amide bonds. The van der Waals surface area contributed by atoms with Gasteiger partial charge in [-0.15, -0.1) is 0 Å². The maximum absolute atomic E-state index is 11.3. The number of hydroxylamine groups is 2. The largest absolute Gasteiger partial charge is 0.345 e. The SMILES string of the molecule is CON(C)C(=O)Nc1ccc([N+](=O)[O-])cc1. The molecule has 1 aromatic carbocycles. The molecule has 1 aromatic rings. The van der Waals surface area contributed by atoms with Crippen LogP contribution in [0.2, 0.25) is 0 Å². The number of anilines is 1. The quantitative estimate of drug-likeness (QED) is 0.625. The molecule has 86 valence electrons. The predicted molar refractivity (Wildman–Crippen MR) is 56.9 cm³/mol. The van der Waals surface area contributed by atoms with Crippen LogP contribution in [0.1, 0.15) is 0 Å². The van der Waals surface area contributed by atoms with Gasteiger partial charge < -0.3 is 5.32 Å². The minimum Gasteiger partial charge on any atom is -0.306 e. The van der Waals surface area contributed by atoms with Gasteiger partial charge in [-0.1, -0.05) is 0 Å². The van der Waals surface area contributed by atoms with Crippen molar-refractivity contribution in [3.8, 4) is 0 Å². The number of carbonyl (C=O) groups is 1. The van der Waals surface area contributed by atoms with Gasteiger partial charge in [0.2, 0.25) is 0 Å². The maximum Gasteiger partial charge on any atom is 0.345 e. The summed E-state index contributed by atoms with van der Waals surface area (Å²) in [4.78, 5) is 25.8. The Morgan fingerprint density at radius 2 is 2.00 bits per heavy atom. The summed E-state index contributed by atoms with van der Waals surface area (Å²) in [6.45, 7) is 0. The van der Waals surface area contributed by atoms with Crippen molar-refractivity contribution in [3.63, 3.8) is 0 Å². The van der Waals surface area contributed by atoms with Gasteiger partial charge in [0.1, 0.15) is 0 Å².